The van der Waals surface area contributed by atoms with Gasteiger partial charge in [-0.15, -0.1) is 0 Å². The molecule has 4 heteroatoms. The third-order valence-corrected chi connectivity index (χ3v) is 3.65. The average molecular weight is 240 g/mol. The van der Waals surface area contributed by atoms with Crippen molar-refractivity contribution < 1.29 is 9.53 Å². The van der Waals surface area contributed by atoms with Gasteiger partial charge in [-0.2, -0.15) is 0 Å². The molecule has 0 spiro atoms. The Hall–Kier alpha value is -0.610. The highest BCUT2D eigenvalue weighted by atomic mass is 16.5. The first-order valence-corrected chi connectivity index (χ1v) is 6.99. The van der Waals surface area contributed by atoms with Gasteiger partial charge in [0.1, 0.15) is 0 Å². The molecule has 1 atom stereocenters. The lowest BCUT2D eigenvalue weighted by Crippen LogP contribution is -2.40. The molecule has 2 rings (SSSR count). The van der Waals surface area contributed by atoms with Crippen molar-refractivity contribution in [3.63, 3.8) is 0 Å². The number of ether oxygens (including phenoxy) is 1. The summed E-state index contributed by atoms with van der Waals surface area (Å²) in [6, 6.07) is 0.0470. The maximum Gasteiger partial charge on any atom is 0.237 e. The highest BCUT2D eigenvalue weighted by Gasteiger charge is 2.21. The number of rotatable bonds is 6. The summed E-state index contributed by atoms with van der Waals surface area (Å²) in [7, 11) is 0. The summed E-state index contributed by atoms with van der Waals surface area (Å²) in [6.07, 6.45) is 8.57. The third kappa shape index (κ3) is 4.28. The Morgan fingerprint density at radius 3 is 2.76 bits per heavy atom. The van der Waals surface area contributed by atoms with E-state index in [9.17, 15) is 4.79 Å². The van der Waals surface area contributed by atoms with Gasteiger partial charge in [-0.1, -0.05) is 12.8 Å². The van der Waals surface area contributed by atoms with Crippen LogP contribution in [0.3, 0.4) is 0 Å². The fraction of sp³-hybridized carbons (Fsp3) is 0.923. The monoisotopic (exact) mass is 240 g/mol. The van der Waals surface area contributed by atoms with Crippen molar-refractivity contribution in [1.29, 1.82) is 0 Å². The molecule has 0 aromatic carbocycles. The molecule has 2 N–H and O–H groups in total. The quantitative estimate of drug-likeness (QED) is 0.686. The Bertz CT molecular complexity index is 234. The van der Waals surface area contributed by atoms with Gasteiger partial charge in [0.25, 0.3) is 0 Å². The van der Waals surface area contributed by atoms with Crippen LogP contribution in [0.4, 0.5) is 0 Å². The predicted molar refractivity (Wildman–Crippen MR) is 66.9 cm³/mol. The van der Waals surface area contributed by atoms with Gasteiger partial charge < -0.3 is 15.4 Å². The molecule has 98 valence electrons. The summed E-state index contributed by atoms with van der Waals surface area (Å²) in [5, 5.41) is 6.17. The average Bonchev–Trinajstić information content (AvgIpc) is 3.01. The lowest BCUT2D eigenvalue weighted by molar-refractivity contribution is -0.122. The van der Waals surface area contributed by atoms with Crippen molar-refractivity contribution in [3.05, 3.63) is 0 Å². The van der Waals surface area contributed by atoms with Crippen LogP contribution in [0.1, 0.15) is 44.9 Å². The molecule has 17 heavy (non-hydrogen) atoms. The minimum Gasteiger partial charge on any atom is -0.378 e. The van der Waals surface area contributed by atoms with E-state index in [0.717, 1.165) is 39.0 Å². The highest BCUT2D eigenvalue weighted by Crippen LogP contribution is 2.20. The van der Waals surface area contributed by atoms with Crippen LogP contribution in [0.25, 0.3) is 0 Å². The smallest absolute Gasteiger partial charge is 0.237 e. The lowest BCUT2D eigenvalue weighted by Gasteiger charge is -2.13. The van der Waals surface area contributed by atoms with Gasteiger partial charge in [0.2, 0.25) is 5.91 Å². The molecule has 1 saturated heterocycles. The number of nitrogens with one attached hydrogen (secondary N) is 2. The van der Waals surface area contributed by atoms with Gasteiger partial charge in [-0.3, -0.25) is 4.79 Å². The van der Waals surface area contributed by atoms with Crippen LogP contribution in [0, 0.1) is 0 Å². The van der Waals surface area contributed by atoms with Gasteiger partial charge in [0, 0.05) is 13.2 Å². The molecule has 4 nitrogen and oxygen atoms in total. The molecule has 0 aromatic heterocycles. The van der Waals surface area contributed by atoms with Gasteiger partial charge in [-0.25, -0.2) is 0 Å². The highest BCUT2D eigenvalue weighted by molar-refractivity contribution is 5.81. The molecule has 0 bridgehead atoms. The first-order valence-electron chi connectivity index (χ1n) is 6.99. The Morgan fingerprint density at radius 2 is 2.06 bits per heavy atom. The molecule has 1 heterocycles. The van der Waals surface area contributed by atoms with Crippen molar-refractivity contribution in [2.45, 2.75) is 57.1 Å². The van der Waals surface area contributed by atoms with Gasteiger partial charge in [0.15, 0.2) is 0 Å². The van der Waals surface area contributed by atoms with E-state index in [1.807, 2.05) is 0 Å². The fourth-order valence-electron chi connectivity index (χ4n) is 2.62. The molecule has 2 fully saturated rings. The molecule has 1 aliphatic carbocycles. The first kappa shape index (κ1) is 12.8. The molecule has 1 amide bonds. The van der Waals surface area contributed by atoms with Gasteiger partial charge in [0.05, 0.1) is 12.1 Å². The molecule has 0 radical (unpaired) electrons. The summed E-state index contributed by atoms with van der Waals surface area (Å²) >= 11 is 0. The number of carbonyl (C=O) groups excluding carboxylic acids is 1. The third-order valence-electron chi connectivity index (χ3n) is 3.65. The zero-order valence-electron chi connectivity index (χ0n) is 10.5. The summed E-state index contributed by atoms with van der Waals surface area (Å²) < 4.78 is 5.74. The van der Waals surface area contributed by atoms with Crippen molar-refractivity contribution in [1.82, 2.24) is 10.6 Å². The van der Waals surface area contributed by atoms with Gasteiger partial charge >= 0.3 is 0 Å². The standard InChI is InChI=1S/C13H24N2O2/c16-13(12-7-3-8-14-12)15-9-4-10-17-11-5-1-2-6-11/h11-12,14H,1-10H2,(H,15,16). The minimum absolute atomic E-state index is 0.0470. The second-order valence-electron chi connectivity index (χ2n) is 5.07. The summed E-state index contributed by atoms with van der Waals surface area (Å²) in [5.41, 5.74) is 0. The SMILES string of the molecule is O=C(NCCCOC1CCCC1)C1CCCN1. The number of carbonyl (C=O) groups is 1. The molecular formula is C13H24N2O2. The van der Waals surface area contributed by atoms with E-state index in [4.69, 9.17) is 4.74 Å². The van der Waals surface area contributed by atoms with E-state index in [-0.39, 0.29) is 11.9 Å². The summed E-state index contributed by atoms with van der Waals surface area (Å²) in [4.78, 5) is 11.7. The van der Waals surface area contributed by atoms with Crippen molar-refractivity contribution >= 4 is 5.91 Å². The van der Waals surface area contributed by atoms with E-state index >= 15 is 0 Å². The molecule has 2 aliphatic rings. The van der Waals surface area contributed by atoms with E-state index in [1.165, 1.54) is 25.7 Å². The number of hydrogen-bond donors (Lipinski definition) is 2. The largest absolute Gasteiger partial charge is 0.378 e. The van der Waals surface area contributed by atoms with Crippen molar-refractivity contribution in [2.75, 3.05) is 19.7 Å². The second-order valence-corrected chi connectivity index (χ2v) is 5.07. The van der Waals surface area contributed by atoms with Gasteiger partial charge in [-0.05, 0) is 38.6 Å². The van der Waals surface area contributed by atoms with Crippen molar-refractivity contribution in [2.24, 2.45) is 0 Å². The normalized spacial score (nSPS) is 25.3. The van der Waals surface area contributed by atoms with E-state index < -0.39 is 0 Å². The topological polar surface area (TPSA) is 50.4 Å². The zero-order valence-corrected chi connectivity index (χ0v) is 10.5. The van der Waals surface area contributed by atoms with Crippen LogP contribution >= 0.6 is 0 Å². The van der Waals surface area contributed by atoms with E-state index in [0.29, 0.717) is 6.10 Å². The fourth-order valence-corrected chi connectivity index (χ4v) is 2.62. The Balaban J connectivity index is 1.46. The second kappa shape index (κ2) is 6.97. The maximum atomic E-state index is 11.7. The van der Waals surface area contributed by atoms with Crippen LogP contribution in [-0.4, -0.2) is 37.7 Å². The lowest BCUT2D eigenvalue weighted by atomic mass is 10.2. The maximum absolute atomic E-state index is 11.7. The number of amides is 1. The number of hydrogen-bond acceptors (Lipinski definition) is 3. The molecular weight excluding hydrogens is 216 g/mol. The van der Waals surface area contributed by atoms with Crippen LogP contribution in [-0.2, 0) is 9.53 Å². The molecule has 1 aliphatic heterocycles. The molecule has 1 unspecified atom stereocenters. The zero-order chi connectivity index (χ0) is 11.9. The Labute approximate surface area is 103 Å². The predicted octanol–water partition coefficient (Wildman–Crippen LogP) is 1.20. The molecule has 0 aromatic rings. The summed E-state index contributed by atoms with van der Waals surface area (Å²) in [6.45, 7) is 2.50. The first-order chi connectivity index (χ1) is 8.36. The van der Waals surface area contributed by atoms with Crippen molar-refractivity contribution in [3.8, 4) is 0 Å². The Morgan fingerprint density at radius 1 is 1.24 bits per heavy atom. The van der Waals surface area contributed by atoms with Crippen LogP contribution in [0.2, 0.25) is 0 Å². The van der Waals surface area contributed by atoms with Crippen LogP contribution in [0.15, 0.2) is 0 Å². The molecule has 1 saturated carbocycles. The minimum atomic E-state index is 0.0470. The van der Waals surface area contributed by atoms with E-state index in [1.54, 1.807) is 0 Å². The Kier molecular flexibility index (Phi) is 5.26. The summed E-state index contributed by atoms with van der Waals surface area (Å²) in [5.74, 6) is 0.156. The van der Waals surface area contributed by atoms with E-state index in [2.05, 4.69) is 10.6 Å². The van der Waals surface area contributed by atoms with Crippen LogP contribution < -0.4 is 10.6 Å². The van der Waals surface area contributed by atoms with Crippen LogP contribution in [0.5, 0.6) is 0 Å².